The molecule has 0 spiro atoms. The van der Waals surface area contributed by atoms with Gasteiger partial charge in [-0.25, -0.2) is 0 Å². The first-order valence-electron chi connectivity index (χ1n) is 11.6. The third kappa shape index (κ3) is 9.85. The number of piperidine rings is 1. The third-order valence-corrected chi connectivity index (χ3v) is 6.54. The van der Waals surface area contributed by atoms with Crippen molar-refractivity contribution >= 4 is 35.8 Å². The number of aliphatic imine (C=N–C) groups is 1. The van der Waals surface area contributed by atoms with Crippen LogP contribution in [0.5, 0.6) is 0 Å². The first-order chi connectivity index (χ1) is 13.5. The van der Waals surface area contributed by atoms with Crippen LogP contribution in [0.1, 0.15) is 72.1 Å². The van der Waals surface area contributed by atoms with Crippen LogP contribution in [-0.4, -0.2) is 55.5 Å². The summed E-state index contributed by atoms with van der Waals surface area (Å²) >= 11 is 0. The smallest absolute Gasteiger partial charge is 0.220 e. The first-order valence-corrected chi connectivity index (χ1v) is 11.6. The molecule has 1 aliphatic carbocycles. The van der Waals surface area contributed by atoms with Gasteiger partial charge in [-0.1, -0.05) is 13.8 Å². The summed E-state index contributed by atoms with van der Waals surface area (Å²) in [6.07, 6.45) is 9.28. The Morgan fingerprint density at radius 1 is 1.10 bits per heavy atom. The van der Waals surface area contributed by atoms with Crippen molar-refractivity contribution in [3.05, 3.63) is 0 Å². The van der Waals surface area contributed by atoms with Gasteiger partial charge in [-0.05, 0) is 89.8 Å². The van der Waals surface area contributed by atoms with Crippen LogP contribution in [0.15, 0.2) is 4.99 Å². The average Bonchev–Trinajstić information content (AvgIpc) is 2.68. The minimum Gasteiger partial charge on any atom is -0.369 e. The van der Waals surface area contributed by atoms with E-state index in [2.05, 4.69) is 36.3 Å². The fourth-order valence-electron chi connectivity index (χ4n) is 4.52. The van der Waals surface area contributed by atoms with E-state index in [4.69, 9.17) is 10.7 Å². The Kier molecular flexibility index (Phi) is 13.2. The number of halogens is 1. The predicted octanol–water partition coefficient (Wildman–Crippen LogP) is 3.35. The number of amides is 1. The minimum absolute atomic E-state index is 0. The lowest BCUT2D eigenvalue weighted by atomic mass is 9.80. The number of likely N-dealkylation sites (tertiary alicyclic amines) is 1. The fraction of sp³-hybridized carbons (Fsp3) is 0.909. The molecule has 1 aliphatic heterocycles. The normalized spacial score (nSPS) is 24.2. The topological polar surface area (TPSA) is 82.8 Å². The molecule has 1 amide bonds. The summed E-state index contributed by atoms with van der Waals surface area (Å²) in [5.74, 6) is 2.65. The number of nitrogens with one attached hydrogen (secondary N) is 2. The molecule has 1 saturated heterocycles. The standard InChI is InChI=1S/C22H43N5O.HI/c1-4-24-22(26-20-9-7-18(8-10-20)17(2)3)25-13-5-6-14-27-15-11-19(12-16-27)21(23)28;/h17-20H,4-16H2,1-3H3,(H2,23,28)(H2,24,25,26);1H. The second-order valence-electron chi connectivity index (χ2n) is 8.99. The molecule has 0 aromatic carbocycles. The van der Waals surface area contributed by atoms with E-state index in [1.807, 2.05) is 0 Å². The summed E-state index contributed by atoms with van der Waals surface area (Å²) in [5, 5.41) is 7.06. The van der Waals surface area contributed by atoms with Crippen LogP contribution in [0.25, 0.3) is 0 Å². The lowest BCUT2D eigenvalue weighted by molar-refractivity contribution is -0.123. The van der Waals surface area contributed by atoms with Gasteiger partial charge in [0.15, 0.2) is 5.96 Å². The quantitative estimate of drug-likeness (QED) is 0.188. The number of carbonyl (C=O) groups is 1. The van der Waals surface area contributed by atoms with Crippen LogP contribution in [-0.2, 0) is 4.79 Å². The second kappa shape index (κ2) is 14.4. The molecule has 0 aromatic heterocycles. The van der Waals surface area contributed by atoms with Crippen LogP contribution in [0.4, 0.5) is 0 Å². The molecule has 29 heavy (non-hydrogen) atoms. The van der Waals surface area contributed by atoms with Crippen LogP contribution >= 0.6 is 24.0 Å². The highest BCUT2D eigenvalue weighted by molar-refractivity contribution is 14.0. The lowest BCUT2D eigenvalue weighted by Crippen LogP contribution is -2.45. The predicted molar refractivity (Wildman–Crippen MR) is 133 cm³/mol. The van der Waals surface area contributed by atoms with Crippen molar-refractivity contribution < 1.29 is 4.79 Å². The summed E-state index contributed by atoms with van der Waals surface area (Å²) in [5.41, 5.74) is 5.41. The number of carbonyl (C=O) groups excluding carboxylic acids is 1. The maximum atomic E-state index is 11.2. The zero-order valence-electron chi connectivity index (χ0n) is 18.8. The maximum absolute atomic E-state index is 11.2. The monoisotopic (exact) mass is 521 g/mol. The Balaban J connectivity index is 0.00000420. The summed E-state index contributed by atoms with van der Waals surface area (Å²) < 4.78 is 0. The van der Waals surface area contributed by atoms with Crippen molar-refractivity contribution in [2.45, 2.75) is 78.2 Å². The molecule has 170 valence electrons. The SMILES string of the molecule is CCNC(=NCCCCN1CCC(C(N)=O)CC1)NC1CCC(C(C)C)CC1.I. The van der Waals surface area contributed by atoms with Gasteiger partial charge in [-0.2, -0.15) is 0 Å². The van der Waals surface area contributed by atoms with Gasteiger partial charge < -0.3 is 21.3 Å². The van der Waals surface area contributed by atoms with Gasteiger partial charge >= 0.3 is 0 Å². The number of nitrogens with zero attached hydrogens (tertiary/aromatic N) is 2. The van der Waals surface area contributed by atoms with Crippen LogP contribution < -0.4 is 16.4 Å². The van der Waals surface area contributed by atoms with E-state index in [9.17, 15) is 4.79 Å². The first kappa shape index (κ1) is 26.5. The molecule has 0 atom stereocenters. The zero-order chi connectivity index (χ0) is 20.4. The molecule has 0 bridgehead atoms. The van der Waals surface area contributed by atoms with Gasteiger partial charge in [0, 0.05) is 25.0 Å². The minimum atomic E-state index is -0.130. The van der Waals surface area contributed by atoms with Gasteiger partial charge in [0.25, 0.3) is 0 Å². The number of unbranched alkanes of at least 4 members (excludes halogenated alkanes) is 1. The molecule has 2 fully saturated rings. The van der Waals surface area contributed by atoms with Crippen molar-refractivity contribution in [1.29, 1.82) is 0 Å². The molecule has 1 heterocycles. The van der Waals surface area contributed by atoms with E-state index in [0.717, 1.165) is 76.2 Å². The van der Waals surface area contributed by atoms with E-state index in [-0.39, 0.29) is 35.8 Å². The number of hydrogen-bond acceptors (Lipinski definition) is 3. The van der Waals surface area contributed by atoms with Gasteiger partial charge in [0.05, 0.1) is 0 Å². The largest absolute Gasteiger partial charge is 0.369 e. The average molecular weight is 522 g/mol. The van der Waals surface area contributed by atoms with Crippen molar-refractivity contribution in [2.24, 2.45) is 28.5 Å². The summed E-state index contributed by atoms with van der Waals surface area (Å²) in [6, 6.07) is 0.569. The van der Waals surface area contributed by atoms with Crippen molar-refractivity contribution in [3.8, 4) is 0 Å². The van der Waals surface area contributed by atoms with Gasteiger partial charge in [-0.3, -0.25) is 9.79 Å². The highest BCUT2D eigenvalue weighted by Crippen LogP contribution is 2.29. The zero-order valence-corrected chi connectivity index (χ0v) is 21.1. The van der Waals surface area contributed by atoms with Gasteiger partial charge in [0.2, 0.25) is 5.91 Å². The number of nitrogens with two attached hydrogens (primary N) is 1. The van der Waals surface area contributed by atoms with Gasteiger partial charge in [-0.15, -0.1) is 24.0 Å². The Hall–Kier alpha value is -0.570. The third-order valence-electron chi connectivity index (χ3n) is 6.54. The number of hydrogen-bond donors (Lipinski definition) is 3. The molecule has 7 heteroatoms. The number of guanidine groups is 1. The lowest BCUT2D eigenvalue weighted by Gasteiger charge is -2.32. The number of primary amides is 1. The van der Waals surface area contributed by atoms with Crippen LogP contribution in [0, 0.1) is 17.8 Å². The molecule has 6 nitrogen and oxygen atoms in total. The number of rotatable bonds is 9. The van der Waals surface area contributed by atoms with E-state index in [1.54, 1.807) is 0 Å². The molecule has 2 rings (SSSR count). The van der Waals surface area contributed by atoms with E-state index < -0.39 is 0 Å². The van der Waals surface area contributed by atoms with E-state index >= 15 is 0 Å². The Morgan fingerprint density at radius 3 is 2.31 bits per heavy atom. The molecule has 2 aliphatic rings. The fourth-order valence-corrected chi connectivity index (χ4v) is 4.52. The Morgan fingerprint density at radius 2 is 1.76 bits per heavy atom. The van der Waals surface area contributed by atoms with Crippen LogP contribution in [0.3, 0.4) is 0 Å². The molecule has 1 saturated carbocycles. The summed E-state index contributed by atoms with van der Waals surface area (Å²) in [4.78, 5) is 18.5. The molecule has 4 N–H and O–H groups in total. The highest BCUT2D eigenvalue weighted by atomic mass is 127. The van der Waals surface area contributed by atoms with Crippen molar-refractivity contribution in [3.63, 3.8) is 0 Å². The molecule has 0 unspecified atom stereocenters. The summed E-state index contributed by atoms with van der Waals surface area (Å²) in [7, 11) is 0. The molecule has 0 aromatic rings. The van der Waals surface area contributed by atoms with E-state index in [1.165, 1.54) is 25.7 Å². The van der Waals surface area contributed by atoms with Crippen LogP contribution in [0.2, 0.25) is 0 Å². The molecular weight excluding hydrogens is 477 g/mol. The Bertz CT molecular complexity index is 484. The Labute approximate surface area is 195 Å². The van der Waals surface area contributed by atoms with Gasteiger partial charge in [0.1, 0.15) is 0 Å². The van der Waals surface area contributed by atoms with Crippen molar-refractivity contribution in [2.75, 3.05) is 32.7 Å². The highest BCUT2D eigenvalue weighted by Gasteiger charge is 2.24. The van der Waals surface area contributed by atoms with E-state index in [0.29, 0.717) is 6.04 Å². The molecule has 0 radical (unpaired) electrons. The molecular formula is C22H44IN5O. The summed E-state index contributed by atoms with van der Waals surface area (Å²) in [6.45, 7) is 11.7. The second-order valence-corrected chi connectivity index (χ2v) is 8.99. The van der Waals surface area contributed by atoms with Crippen molar-refractivity contribution in [1.82, 2.24) is 15.5 Å². The maximum Gasteiger partial charge on any atom is 0.220 e.